The van der Waals surface area contributed by atoms with Gasteiger partial charge >= 0.3 is 5.97 Å². The lowest BCUT2D eigenvalue weighted by Crippen LogP contribution is -2.46. The van der Waals surface area contributed by atoms with Crippen molar-refractivity contribution in [2.45, 2.75) is 83.6 Å². The van der Waals surface area contributed by atoms with E-state index in [2.05, 4.69) is 24.8 Å². The molecule has 0 radical (unpaired) electrons. The molecule has 2 amide bonds. The smallest absolute Gasteiger partial charge is 0.308 e. The number of piperidine rings is 1. The Morgan fingerprint density at radius 1 is 1.11 bits per heavy atom. The van der Waals surface area contributed by atoms with Crippen molar-refractivity contribution in [3.63, 3.8) is 0 Å². The molecular formula is C30H45N3O5. The normalized spacial score (nSPS) is 23.4. The molecule has 3 aliphatic rings. The summed E-state index contributed by atoms with van der Waals surface area (Å²) < 4.78 is 5.68. The topological polar surface area (TPSA) is 90.4 Å². The fourth-order valence-electron chi connectivity index (χ4n) is 6.35. The number of carboxylic acid groups (broad SMARTS) is 1. The summed E-state index contributed by atoms with van der Waals surface area (Å²) in [5.74, 6) is -0.558. The maximum Gasteiger partial charge on any atom is 0.308 e. The van der Waals surface area contributed by atoms with Crippen LogP contribution in [-0.4, -0.2) is 89.5 Å². The Balaban J connectivity index is 1.57. The summed E-state index contributed by atoms with van der Waals surface area (Å²) in [6.07, 6.45) is 7.86. The maximum atomic E-state index is 13.5. The molecule has 3 heterocycles. The van der Waals surface area contributed by atoms with Gasteiger partial charge in [-0.05, 0) is 49.3 Å². The Kier molecular flexibility index (Phi) is 10.1. The maximum absolute atomic E-state index is 13.5. The third-order valence-corrected chi connectivity index (χ3v) is 8.55. The summed E-state index contributed by atoms with van der Waals surface area (Å²) in [5, 5.41) is 10.5. The van der Waals surface area contributed by atoms with Gasteiger partial charge in [-0.3, -0.25) is 19.3 Å². The molecular weight excluding hydrogens is 482 g/mol. The Bertz CT molecular complexity index is 975. The van der Waals surface area contributed by atoms with Crippen LogP contribution in [0.1, 0.15) is 82.3 Å². The number of ether oxygens (including phenoxy) is 1. The van der Waals surface area contributed by atoms with Crippen LogP contribution < -0.4 is 4.74 Å². The number of aliphatic carboxylic acids is 1. The van der Waals surface area contributed by atoms with Gasteiger partial charge in [0.25, 0.3) is 0 Å². The fourth-order valence-corrected chi connectivity index (χ4v) is 6.35. The first kappa shape index (κ1) is 28.4. The first-order valence-electron chi connectivity index (χ1n) is 14.7. The molecule has 8 nitrogen and oxygen atoms in total. The second-order valence-electron chi connectivity index (χ2n) is 11.1. The second-order valence-corrected chi connectivity index (χ2v) is 11.1. The lowest BCUT2D eigenvalue weighted by Gasteiger charge is -2.32. The number of likely N-dealkylation sites (tertiary alicyclic amines) is 2. The van der Waals surface area contributed by atoms with E-state index in [1.807, 2.05) is 21.9 Å². The van der Waals surface area contributed by atoms with Crippen molar-refractivity contribution in [3.8, 4) is 5.75 Å². The quantitative estimate of drug-likeness (QED) is 0.418. The highest BCUT2D eigenvalue weighted by atomic mass is 16.5. The van der Waals surface area contributed by atoms with Crippen molar-refractivity contribution in [2.75, 3.05) is 45.9 Å². The second kappa shape index (κ2) is 13.5. The van der Waals surface area contributed by atoms with E-state index >= 15 is 0 Å². The summed E-state index contributed by atoms with van der Waals surface area (Å²) >= 11 is 0. The van der Waals surface area contributed by atoms with Crippen LogP contribution in [0.25, 0.3) is 0 Å². The van der Waals surface area contributed by atoms with E-state index in [0.717, 1.165) is 81.5 Å². The van der Waals surface area contributed by atoms with Crippen LogP contribution >= 0.6 is 0 Å². The number of amides is 2. The van der Waals surface area contributed by atoms with Gasteiger partial charge in [-0.25, -0.2) is 0 Å². The third kappa shape index (κ3) is 6.68. The molecule has 210 valence electrons. The minimum absolute atomic E-state index is 0.0816. The number of fused-ring (bicyclic) bond motifs is 1. The van der Waals surface area contributed by atoms with Gasteiger partial charge in [0, 0.05) is 57.5 Å². The molecule has 2 fully saturated rings. The minimum atomic E-state index is -0.828. The minimum Gasteiger partial charge on any atom is -0.493 e. The summed E-state index contributed by atoms with van der Waals surface area (Å²) in [6, 6.07) is 5.76. The number of hydrogen-bond donors (Lipinski definition) is 1. The summed E-state index contributed by atoms with van der Waals surface area (Å²) in [5.41, 5.74) is 2.13. The van der Waals surface area contributed by atoms with Crippen LogP contribution in [0.2, 0.25) is 0 Å². The highest BCUT2D eigenvalue weighted by Gasteiger charge is 2.47. The van der Waals surface area contributed by atoms with Crippen molar-refractivity contribution in [2.24, 2.45) is 5.92 Å². The molecule has 1 aromatic rings. The zero-order valence-corrected chi connectivity index (χ0v) is 23.2. The Labute approximate surface area is 227 Å². The monoisotopic (exact) mass is 527 g/mol. The molecule has 3 atom stereocenters. The number of carbonyl (C=O) groups is 3. The summed E-state index contributed by atoms with van der Waals surface area (Å²) in [7, 11) is 0. The largest absolute Gasteiger partial charge is 0.493 e. The zero-order chi connectivity index (χ0) is 27.1. The SMILES string of the molecule is CCCCN(CCCC)C(=O)CN1C[C@H](c2ccc3c(c2)CCO3)C(C(=O)O)[C@@H]1CCN1CCCCC1=O. The van der Waals surface area contributed by atoms with Crippen LogP contribution in [-0.2, 0) is 20.8 Å². The van der Waals surface area contributed by atoms with Gasteiger partial charge in [0.1, 0.15) is 5.75 Å². The van der Waals surface area contributed by atoms with E-state index in [0.29, 0.717) is 32.5 Å². The zero-order valence-electron chi connectivity index (χ0n) is 23.2. The first-order chi connectivity index (χ1) is 18.4. The highest BCUT2D eigenvalue weighted by Crippen LogP contribution is 2.41. The summed E-state index contributed by atoms with van der Waals surface area (Å²) in [6.45, 7) is 8.42. The number of carboxylic acids is 1. The van der Waals surface area contributed by atoms with Crippen LogP contribution in [0.15, 0.2) is 18.2 Å². The number of hydrogen-bond acceptors (Lipinski definition) is 5. The van der Waals surface area contributed by atoms with Crippen molar-refractivity contribution in [1.29, 1.82) is 0 Å². The van der Waals surface area contributed by atoms with Crippen LogP contribution in [0.5, 0.6) is 5.75 Å². The lowest BCUT2D eigenvalue weighted by atomic mass is 9.83. The van der Waals surface area contributed by atoms with E-state index < -0.39 is 11.9 Å². The Morgan fingerprint density at radius 2 is 1.87 bits per heavy atom. The number of carbonyl (C=O) groups excluding carboxylic acids is 2. The van der Waals surface area contributed by atoms with E-state index in [1.54, 1.807) is 0 Å². The molecule has 0 bridgehead atoms. The molecule has 2 saturated heterocycles. The Morgan fingerprint density at radius 3 is 2.55 bits per heavy atom. The van der Waals surface area contributed by atoms with Gasteiger partial charge in [-0.1, -0.05) is 38.8 Å². The standard InChI is InChI=1S/C30H45N3O5/c1-3-5-14-31(15-6-4-2)28(35)21-33-20-24(22-10-11-26-23(19-22)13-18-38-26)29(30(36)37)25(33)12-17-32-16-8-7-9-27(32)34/h10-11,19,24-25,29H,3-9,12-18,20-21H2,1-2H3,(H,36,37)/t24-,25+,29?/m1/s1. The number of benzene rings is 1. The van der Waals surface area contributed by atoms with Crippen molar-refractivity contribution >= 4 is 17.8 Å². The number of unbranched alkanes of at least 4 members (excludes halogenated alkanes) is 2. The van der Waals surface area contributed by atoms with Crippen LogP contribution in [0.4, 0.5) is 0 Å². The van der Waals surface area contributed by atoms with Crippen molar-refractivity contribution in [1.82, 2.24) is 14.7 Å². The predicted octanol–water partition coefficient (Wildman–Crippen LogP) is 3.92. The first-order valence-corrected chi connectivity index (χ1v) is 14.7. The molecule has 4 rings (SSSR count). The van der Waals surface area contributed by atoms with Crippen molar-refractivity contribution < 1.29 is 24.2 Å². The molecule has 0 spiro atoms. The van der Waals surface area contributed by atoms with Gasteiger partial charge in [0.15, 0.2) is 0 Å². The van der Waals surface area contributed by atoms with Gasteiger partial charge in [-0.15, -0.1) is 0 Å². The van der Waals surface area contributed by atoms with Gasteiger partial charge in [0.05, 0.1) is 19.1 Å². The van der Waals surface area contributed by atoms with Gasteiger partial charge < -0.3 is 19.6 Å². The van der Waals surface area contributed by atoms with Crippen molar-refractivity contribution in [3.05, 3.63) is 29.3 Å². The van der Waals surface area contributed by atoms with Crippen LogP contribution in [0.3, 0.4) is 0 Å². The number of nitrogens with zero attached hydrogens (tertiary/aromatic N) is 3. The average molecular weight is 528 g/mol. The van der Waals surface area contributed by atoms with Crippen LogP contribution in [0, 0.1) is 5.92 Å². The molecule has 0 saturated carbocycles. The van der Waals surface area contributed by atoms with Gasteiger partial charge in [0.2, 0.25) is 11.8 Å². The Hall–Kier alpha value is -2.61. The third-order valence-electron chi connectivity index (χ3n) is 8.55. The molecule has 8 heteroatoms. The molecule has 0 aliphatic carbocycles. The fraction of sp³-hybridized carbons (Fsp3) is 0.700. The van der Waals surface area contributed by atoms with E-state index in [9.17, 15) is 19.5 Å². The van der Waals surface area contributed by atoms with Gasteiger partial charge in [-0.2, -0.15) is 0 Å². The van der Waals surface area contributed by atoms with E-state index in [-0.39, 0.29) is 30.3 Å². The molecule has 38 heavy (non-hydrogen) atoms. The molecule has 3 aliphatic heterocycles. The highest BCUT2D eigenvalue weighted by molar-refractivity contribution is 5.79. The predicted molar refractivity (Wildman–Crippen MR) is 146 cm³/mol. The molecule has 1 N–H and O–H groups in total. The summed E-state index contributed by atoms with van der Waals surface area (Å²) in [4.78, 5) is 44.7. The lowest BCUT2D eigenvalue weighted by molar-refractivity contribution is -0.144. The molecule has 0 aromatic heterocycles. The van der Waals surface area contributed by atoms with E-state index in [1.165, 1.54) is 0 Å². The van der Waals surface area contributed by atoms with E-state index in [4.69, 9.17) is 4.74 Å². The average Bonchev–Trinajstić information content (AvgIpc) is 3.52. The molecule has 1 unspecified atom stereocenters. The number of rotatable bonds is 13. The molecule has 1 aromatic carbocycles.